The Kier molecular flexibility index (Phi) is 6.66. The normalized spacial score (nSPS) is 24.9. The van der Waals surface area contributed by atoms with Gasteiger partial charge >= 0.3 is 0 Å². The zero-order chi connectivity index (χ0) is 13.5. The molecule has 112 valence electrons. The first-order valence-corrected chi connectivity index (χ1v) is 8.71. The zero-order valence-corrected chi connectivity index (χ0v) is 13.0. The maximum atomic E-state index is 6.16. The largest absolute Gasteiger partial charge is 0.377 e. The van der Waals surface area contributed by atoms with Crippen molar-refractivity contribution in [2.75, 3.05) is 13.2 Å². The molecule has 0 aromatic rings. The molecule has 0 aromatic heterocycles. The minimum absolute atomic E-state index is 0.486. The van der Waals surface area contributed by atoms with Gasteiger partial charge < -0.3 is 10.1 Å². The quantitative estimate of drug-likeness (QED) is 0.667. The summed E-state index contributed by atoms with van der Waals surface area (Å²) in [6.07, 6.45) is 13.1. The average molecular weight is 267 g/mol. The Morgan fingerprint density at radius 1 is 0.947 bits per heavy atom. The van der Waals surface area contributed by atoms with Crippen molar-refractivity contribution in [1.82, 2.24) is 5.32 Å². The van der Waals surface area contributed by atoms with Crippen LogP contribution in [0.4, 0.5) is 0 Å². The van der Waals surface area contributed by atoms with Crippen molar-refractivity contribution in [2.24, 2.45) is 11.8 Å². The van der Waals surface area contributed by atoms with E-state index in [-0.39, 0.29) is 0 Å². The third-order valence-electron chi connectivity index (χ3n) is 4.84. The summed E-state index contributed by atoms with van der Waals surface area (Å²) in [7, 11) is 0. The lowest BCUT2D eigenvalue weighted by molar-refractivity contribution is 0.000638. The first kappa shape index (κ1) is 15.3. The van der Waals surface area contributed by atoms with Gasteiger partial charge in [0.05, 0.1) is 6.10 Å². The first-order chi connectivity index (χ1) is 9.36. The molecule has 2 fully saturated rings. The molecule has 2 unspecified atom stereocenters. The van der Waals surface area contributed by atoms with Crippen molar-refractivity contribution in [3.63, 3.8) is 0 Å². The number of ether oxygens (including phenoxy) is 1. The van der Waals surface area contributed by atoms with E-state index in [2.05, 4.69) is 19.2 Å². The fourth-order valence-corrected chi connectivity index (χ4v) is 3.68. The summed E-state index contributed by atoms with van der Waals surface area (Å²) in [6.45, 7) is 6.44. The maximum absolute atomic E-state index is 6.16. The van der Waals surface area contributed by atoms with Crippen LogP contribution in [-0.4, -0.2) is 25.3 Å². The fourth-order valence-electron chi connectivity index (χ4n) is 3.68. The van der Waals surface area contributed by atoms with Gasteiger partial charge in [-0.15, -0.1) is 0 Å². The Hall–Kier alpha value is -0.0800. The minimum Gasteiger partial charge on any atom is -0.377 e. The molecule has 0 radical (unpaired) electrons. The molecule has 2 saturated carbocycles. The molecule has 0 aliphatic heterocycles. The van der Waals surface area contributed by atoms with Crippen LogP contribution < -0.4 is 5.32 Å². The monoisotopic (exact) mass is 267 g/mol. The van der Waals surface area contributed by atoms with Gasteiger partial charge in [0.15, 0.2) is 0 Å². The fraction of sp³-hybridized carbons (Fsp3) is 1.00. The van der Waals surface area contributed by atoms with E-state index in [1.54, 1.807) is 0 Å². The molecule has 1 N–H and O–H groups in total. The molecule has 2 nitrogen and oxygen atoms in total. The Labute approximate surface area is 119 Å². The molecule has 2 aliphatic rings. The summed E-state index contributed by atoms with van der Waals surface area (Å²) < 4.78 is 6.16. The first-order valence-electron chi connectivity index (χ1n) is 8.71. The van der Waals surface area contributed by atoms with Gasteiger partial charge in [-0.25, -0.2) is 0 Å². The van der Waals surface area contributed by atoms with Crippen LogP contribution in [0.2, 0.25) is 0 Å². The van der Waals surface area contributed by atoms with E-state index in [4.69, 9.17) is 4.74 Å². The minimum atomic E-state index is 0.486. The summed E-state index contributed by atoms with van der Waals surface area (Å²) in [4.78, 5) is 0. The molecule has 2 atom stereocenters. The van der Waals surface area contributed by atoms with Gasteiger partial charge in [0, 0.05) is 12.6 Å². The van der Waals surface area contributed by atoms with E-state index >= 15 is 0 Å². The SMILES string of the molecule is CCCNC(C1CCCCCC1)C(OCC)C1CC1. The lowest BCUT2D eigenvalue weighted by Gasteiger charge is -2.34. The summed E-state index contributed by atoms with van der Waals surface area (Å²) in [6, 6.07) is 0.616. The van der Waals surface area contributed by atoms with Crippen LogP contribution in [0.5, 0.6) is 0 Å². The van der Waals surface area contributed by atoms with Gasteiger partial charge in [0.2, 0.25) is 0 Å². The predicted octanol–water partition coefficient (Wildman–Crippen LogP) is 4.14. The van der Waals surface area contributed by atoms with E-state index < -0.39 is 0 Å². The zero-order valence-electron chi connectivity index (χ0n) is 13.0. The lowest BCUT2D eigenvalue weighted by atomic mass is 9.86. The van der Waals surface area contributed by atoms with Crippen LogP contribution in [0.25, 0.3) is 0 Å². The van der Waals surface area contributed by atoms with E-state index in [1.165, 1.54) is 57.8 Å². The van der Waals surface area contributed by atoms with Gasteiger partial charge in [-0.1, -0.05) is 32.6 Å². The molecule has 0 bridgehead atoms. The molecule has 0 spiro atoms. The average Bonchev–Trinajstić information content (AvgIpc) is 3.25. The maximum Gasteiger partial charge on any atom is 0.0758 e. The standard InChI is InChI=1S/C17H33NO/c1-3-13-18-16(14-9-7-5-6-8-10-14)17(19-4-2)15-11-12-15/h14-18H,3-13H2,1-2H3. The lowest BCUT2D eigenvalue weighted by Crippen LogP contribution is -2.48. The second-order valence-electron chi connectivity index (χ2n) is 6.49. The molecule has 0 heterocycles. The van der Waals surface area contributed by atoms with Crippen LogP contribution in [0.15, 0.2) is 0 Å². The third kappa shape index (κ3) is 4.75. The highest BCUT2D eigenvalue weighted by Gasteiger charge is 2.40. The highest BCUT2D eigenvalue weighted by atomic mass is 16.5. The van der Waals surface area contributed by atoms with Gasteiger partial charge in [-0.2, -0.15) is 0 Å². The van der Waals surface area contributed by atoms with Crippen LogP contribution in [0, 0.1) is 11.8 Å². The van der Waals surface area contributed by atoms with E-state index in [9.17, 15) is 0 Å². The van der Waals surface area contributed by atoms with Gasteiger partial charge in [-0.05, 0) is 57.4 Å². The summed E-state index contributed by atoms with van der Waals surface area (Å²) >= 11 is 0. The second-order valence-corrected chi connectivity index (χ2v) is 6.49. The summed E-state index contributed by atoms with van der Waals surface area (Å²) in [5.41, 5.74) is 0. The summed E-state index contributed by atoms with van der Waals surface area (Å²) in [5.74, 6) is 1.70. The molecule has 0 aromatic carbocycles. The molecule has 0 amide bonds. The van der Waals surface area contributed by atoms with Gasteiger partial charge in [0.1, 0.15) is 0 Å². The molecule has 19 heavy (non-hydrogen) atoms. The number of hydrogen-bond donors (Lipinski definition) is 1. The second kappa shape index (κ2) is 8.26. The topological polar surface area (TPSA) is 21.3 Å². The van der Waals surface area contributed by atoms with Gasteiger partial charge in [0.25, 0.3) is 0 Å². The Balaban J connectivity index is 1.98. The van der Waals surface area contributed by atoms with Crippen molar-refractivity contribution in [3.8, 4) is 0 Å². The molecule has 0 saturated heterocycles. The van der Waals surface area contributed by atoms with E-state index in [0.29, 0.717) is 12.1 Å². The summed E-state index contributed by atoms with van der Waals surface area (Å²) in [5, 5.41) is 3.85. The van der Waals surface area contributed by atoms with Crippen molar-refractivity contribution in [3.05, 3.63) is 0 Å². The third-order valence-corrected chi connectivity index (χ3v) is 4.84. The van der Waals surface area contributed by atoms with Crippen LogP contribution >= 0.6 is 0 Å². The van der Waals surface area contributed by atoms with E-state index in [1.807, 2.05) is 0 Å². The molecular weight excluding hydrogens is 234 g/mol. The molecule has 2 rings (SSSR count). The predicted molar refractivity (Wildman–Crippen MR) is 81.4 cm³/mol. The van der Waals surface area contributed by atoms with Crippen LogP contribution in [0.3, 0.4) is 0 Å². The van der Waals surface area contributed by atoms with Crippen molar-refractivity contribution < 1.29 is 4.74 Å². The van der Waals surface area contributed by atoms with Crippen molar-refractivity contribution >= 4 is 0 Å². The number of nitrogens with one attached hydrogen (secondary N) is 1. The van der Waals surface area contributed by atoms with Crippen LogP contribution in [-0.2, 0) is 4.74 Å². The van der Waals surface area contributed by atoms with Gasteiger partial charge in [-0.3, -0.25) is 0 Å². The highest BCUT2D eigenvalue weighted by Crippen LogP contribution is 2.39. The Morgan fingerprint density at radius 3 is 2.16 bits per heavy atom. The van der Waals surface area contributed by atoms with Crippen molar-refractivity contribution in [1.29, 1.82) is 0 Å². The molecule has 2 heteroatoms. The van der Waals surface area contributed by atoms with E-state index in [0.717, 1.165) is 25.0 Å². The number of rotatable bonds is 8. The molecule has 2 aliphatic carbocycles. The van der Waals surface area contributed by atoms with Crippen LogP contribution in [0.1, 0.15) is 71.6 Å². The Bertz CT molecular complexity index is 231. The Morgan fingerprint density at radius 2 is 1.63 bits per heavy atom. The molecular formula is C17H33NO. The smallest absolute Gasteiger partial charge is 0.0758 e. The number of hydrogen-bond acceptors (Lipinski definition) is 2. The van der Waals surface area contributed by atoms with Crippen molar-refractivity contribution in [2.45, 2.75) is 83.8 Å². The highest BCUT2D eigenvalue weighted by molar-refractivity contribution is 4.94.